The lowest BCUT2D eigenvalue weighted by atomic mass is 10.1. The molecular weight excluding hydrogens is 386 g/mol. The van der Waals surface area contributed by atoms with Crippen molar-refractivity contribution < 1.29 is 32.2 Å². The highest BCUT2D eigenvalue weighted by Crippen LogP contribution is 2.31. The summed E-state index contributed by atoms with van der Waals surface area (Å²) in [5, 5.41) is 0. The van der Waals surface area contributed by atoms with E-state index in [1.54, 1.807) is 17.0 Å². The number of hydrogen-bond donors (Lipinski definition) is 0. The first-order chi connectivity index (χ1) is 13.2. The minimum atomic E-state index is -3.14. The zero-order valence-corrected chi connectivity index (χ0v) is 17.5. The molecule has 0 unspecified atom stereocenters. The molecule has 0 radical (unpaired) electrons. The van der Waals surface area contributed by atoms with Crippen LogP contribution in [0.3, 0.4) is 0 Å². The maximum atomic E-state index is 12.8. The number of esters is 1. The molecule has 0 spiro atoms. The Hall–Kier alpha value is -2.29. The standard InChI is InChI=1S/C19H27NO7S/c1-5-13(2)20(14-9-10-28(23,24)12-14)17(21)11-27-19(22)15-7-6-8-16(25-3)18(15)26-4/h6-8,13-14H,5,9-12H2,1-4H3/t13-,14-/m0/s1. The third-order valence-corrected chi connectivity index (χ3v) is 6.66. The quantitative estimate of drug-likeness (QED) is 0.598. The first kappa shape index (κ1) is 22.0. The van der Waals surface area contributed by atoms with E-state index in [-0.39, 0.29) is 28.9 Å². The van der Waals surface area contributed by atoms with Crippen molar-refractivity contribution in [3.8, 4) is 11.5 Å². The molecular formula is C19H27NO7S. The van der Waals surface area contributed by atoms with Crippen molar-refractivity contribution >= 4 is 21.7 Å². The fourth-order valence-corrected chi connectivity index (χ4v) is 5.04. The van der Waals surface area contributed by atoms with Crippen LogP contribution in [0.5, 0.6) is 11.5 Å². The van der Waals surface area contributed by atoms with E-state index < -0.39 is 34.4 Å². The second kappa shape index (κ2) is 9.27. The number of nitrogens with zero attached hydrogens (tertiary/aromatic N) is 1. The average molecular weight is 413 g/mol. The van der Waals surface area contributed by atoms with Gasteiger partial charge < -0.3 is 19.1 Å². The number of carbonyl (C=O) groups excluding carboxylic acids is 2. The maximum Gasteiger partial charge on any atom is 0.342 e. The smallest absolute Gasteiger partial charge is 0.342 e. The van der Waals surface area contributed by atoms with Crippen LogP contribution in [0.1, 0.15) is 37.0 Å². The second-order valence-electron chi connectivity index (χ2n) is 6.73. The Morgan fingerprint density at radius 3 is 2.50 bits per heavy atom. The van der Waals surface area contributed by atoms with Crippen LogP contribution in [0.15, 0.2) is 18.2 Å². The van der Waals surface area contributed by atoms with Gasteiger partial charge in [-0.1, -0.05) is 13.0 Å². The van der Waals surface area contributed by atoms with Gasteiger partial charge in [0.15, 0.2) is 27.9 Å². The van der Waals surface area contributed by atoms with Gasteiger partial charge in [-0.05, 0) is 31.9 Å². The summed E-state index contributed by atoms with van der Waals surface area (Å²) in [7, 11) is -0.277. The van der Waals surface area contributed by atoms with Crippen LogP contribution in [-0.4, -0.2) is 69.6 Å². The lowest BCUT2D eigenvalue weighted by Crippen LogP contribution is -2.48. The van der Waals surface area contributed by atoms with Gasteiger partial charge in [-0.25, -0.2) is 13.2 Å². The predicted octanol–water partition coefficient (Wildman–Crippen LogP) is 1.67. The van der Waals surface area contributed by atoms with Gasteiger partial charge in [-0.3, -0.25) is 4.79 Å². The lowest BCUT2D eigenvalue weighted by Gasteiger charge is -2.33. The summed E-state index contributed by atoms with van der Waals surface area (Å²) >= 11 is 0. The number of hydrogen-bond acceptors (Lipinski definition) is 7. The van der Waals surface area contributed by atoms with Gasteiger partial charge in [0, 0.05) is 12.1 Å². The predicted molar refractivity (Wildman–Crippen MR) is 103 cm³/mol. The van der Waals surface area contributed by atoms with Crippen molar-refractivity contribution in [1.29, 1.82) is 0 Å². The molecule has 1 aromatic rings. The zero-order chi connectivity index (χ0) is 20.9. The van der Waals surface area contributed by atoms with Crippen LogP contribution < -0.4 is 9.47 Å². The molecule has 1 saturated heterocycles. The molecule has 0 aromatic heterocycles. The van der Waals surface area contributed by atoms with Crippen molar-refractivity contribution in [2.75, 3.05) is 32.3 Å². The highest BCUT2D eigenvalue weighted by atomic mass is 32.2. The summed E-state index contributed by atoms with van der Waals surface area (Å²) in [5.74, 6) is -0.512. The van der Waals surface area contributed by atoms with Crippen LogP contribution >= 0.6 is 0 Å². The summed E-state index contributed by atoms with van der Waals surface area (Å²) in [6, 6.07) is 4.23. The lowest BCUT2D eigenvalue weighted by molar-refractivity contribution is -0.138. The van der Waals surface area contributed by atoms with Gasteiger partial charge in [-0.2, -0.15) is 0 Å². The first-order valence-corrected chi connectivity index (χ1v) is 11.0. The first-order valence-electron chi connectivity index (χ1n) is 9.13. The van der Waals surface area contributed by atoms with E-state index in [9.17, 15) is 18.0 Å². The van der Waals surface area contributed by atoms with E-state index in [0.717, 1.165) is 0 Å². The van der Waals surface area contributed by atoms with Crippen LogP contribution in [-0.2, 0) is 19.4 Å². The van der Waals surface area contributed by atoms with E-state index in [0.29, 0.717) is 18.6 Å². The molecule has 156 valence electrons. The number of ether oxygens (including phenoxy) is 3. The molecule has 28 heavy (non-hydrogen) atoms. The number of para-hydroxylation sites is 1. The zero-order valence-electron chi connectivity index (χ0n) is 16.6. The molecule has 0 aliphatic carbocycles. The van der Waals surface area contributed by atoms with Crippen molar-refractivity contribution in [3.05, 3.63) is 23.8 Å². The Balaban J connectivity index is 2.11. The van der Waals surface area contributed by atoms with Gasteiger partial charge in [0.2, 0.25) is 0 Å². The molecule has 9 heteroatoms. The number of sulfone groups is 1. The summed E-state index contributed by atoms with van der Waals surface area (Å²) in [6.45, 7) is 3.30. The van der Waals surface area contributed by atoms with Crippen molar-refractivity contribution in [3.63, 3.8) is 0 Å². The van der Waals surface area contributed by atoms with Crippen LogP contribution in [0.4, 0.5) is 0 Å². The number of rotatable bonds is 8. The molecule has 1 aromatic carbocycles. The van der Waals surface area contributed by atoms with Gasteiger partial charge in [0.25, 0.3) is 5.91 Å². The minimum absolute atomic E-state index is 0.0548. The summed E-state index contributed by atoms with van der Waals surface area (Å²) in [5.41, 5.74) is 0.146. The highest BCUT2D eigenvalue weighted by molar-refractivity contribution is 7.91. The fraction of sp³-hybridized carbons (Fsp3) is 0.579. The van der Waals surface area contributed by atoms with Gasteiger partial charge in [0.1, 0.15) is 5.56 Å². The summed E-state index contributed by atoms with van der Waals surface area (Å²) in [4.78, 5) is 26.8. The molecule has 0 bridgehead atoms. The summed E-state index contributed by atoms with van der Waals surface area (Å²) < 4.78 is 39.2. The van der Waals surface area contributed by atoms with Crippen molar-refractivity contribution in [2.45, 2.75) is 38.8 Å². The van der Waals surface area contributed by atoms with E-state index in [4.69, 9.17) is 14.2 Å². The third-order valence-electron chi connectivity index (χ3n) is 4.91. The molecule has 0 saturated carbocycles. The molecule has 1 heterocycles. The fourth-order valence-electron chi connectivity index (χ4n) is 3.33. The Kier molecular flexibility index (Phi) is 7.29. The van der Waals surface area contributed by atoms with Gasteiger partial charge >= 0.3 is 5.97 Å². The van der Waals surface area contributed by atoms with Crippen molar-refractivity contribution in [1.82, 2.24) is 4.90 Å². The molecule has 0 N–H and O–H groups in total. The van der Waals surface area contributed by atoms with Crippen molar-refractivity contribution in [2.24, 2.45) is 0 Å². The maximum absolute atomic E-state index is 12.8. The number of amides is 1. The second-order valence-corrected chi connectivity index (χ2v) is 8.96. The Bertz CT molecular complexity index is 822. The molecule has 1 fully saturated rings. The third kappa shape index (κ3) is 4.95. The largest absolute Gasteiger partial charge is 0.493 e. The highest BCUT2D eigenvalue weighted by Gasteiger charge is 2.36. The van der Waals surface area contributed by atoms with Gasteiger partial charge in [-0.15, -0.1) is 0 Å². The van der Waals surface area contributed by atoms with E-state index >= 15 is 0 Å². The molecule has 2 rings (SSSR count). The molecule has 1 aliphatic heterocycles. The van der Waals surface area contributed by atoms with Crippen LogP contribution in [0.2, 0.25) is 0 Å². The molecule has 1 amide bonds. The number of benzene rings is 1. The summed E-state index contributed by atoms with van der Waals surface area (Å²) in [6.07, 6.45) is 1.07. The van der Waals surface area contributed by atoms with E-state index in [2.05, 4.69) is 0 Å². The SMILES string of the molecule is CC[C@H](C)N(C(=O)COC(=O)c1cccc(OC)c1OC)[C@H]1CCS(=O)(=O)C1. The minimum Gasteiger partial charge on any atom is -0.493 e. The van der Waals surface area contributed by atoms with Crippen LogP contribution in [0, 0.1) is 0 Å². The Morgan fingerprint density at radius 1 is 1.25 bits per heavy atom. The van der Waals surface area contributed by atoms with E-state index in [1.165, 1.54) is 20.3 Å². The monoisotopic (exact) mass is 413 g/mol. The average Bonchev–Trinajstić information content (AvgIpc) is 3.04. The van der Waals surface area contributed by atoms with Crippen LogP contribution in [0.25, 0.3) is 0 Å². The van der Waals surface area contributed by atoms with Gasteiger partial charge in [0.05, 0.1) is 25.7 Å². The molecule has 2 atom stereocenters. The number of methoxy groups -OCH3 is 2. The normalized spacial score (nSPS) is 18.9. The molecule has 8 nitrogen and oxygen atoms in total. The Labute approximate surface area is 165 Å². The van der Waals surface area contributed by atoms with E-state index in [1.807, 2.05) is 13.8 Å². The number of carbonyl (C=O) groups is 2. The Morgan fingerprint density at radius 2 is 1.96 bits per heavy atom. The topological polar surface area (TPSA) is 99.2 Å². The molecule has 1 aliphatic rings.